The fourth-order valence-electron chi connectivity index (χ4n) is 1.46. The monoisotopic (exact) mass is 302 g/mol. The molecule has 0 aliphatic heterocycles. The molecule has 0 aromatic rings. The highest BCUT2D eigenvalue weighted by Gasteiger charge is 2.28. The normalized spacial score (nSPS) is 12.4. The molecule has 7 nitrogen and oxygen atoms in total. The zero-order chi connectivity index (χ0) is 16.5. The summed E-state index contributed by atoms with van der Waals surface area (Å²) in [5.41, 5.74) is -0.656. The molecule has 0 radical (unpaired) electrons. The summed E-state index contributed by atoms with van der Waals surface area (Å²) in [6, 6.07) is -0.460. The van der Waals surface area contributed by atoms with Crippen molar-refractivity contribution in [2.75, 3.05) is 34.1 Å². The van der Waals surface area contributed by atoms with Gasteiger partial charge in [-0.2, -0.15) is 0 Å². The molecule has 0 aliphatic rings. The molecule has 0 heterocycles. The average molecular weight is 302 g/mol. The van der Waals surface area contributed by atoms with Gasteiger partial charge < -0.3 is 19.5 Å². The van der Waals surface area contributed by atoms with Crippen LogP contribution in [-0.4, -0.2) is 62.6 Å². The minimum atomic E-state index is -0.656. The minimum Gasteiger partial charge on any atom is -0.444 e. The van der Waals surface area contributed by atoms with Crippen molar-refractivity contribution in [2.45, 2.75) is 32.4 Å². The fourth-order valence-corrected chi connectivity index (χ4v) is 1.46. The molecule has 1 N–H and O–H groups in total. The minimum absolute atomic E-state index is 0.0734. The van der Waals surface area contributed by atoms with Crippen LogP contribution in [0.3, 0.4) is 0 Å². The molecular formula is C14H26N2O5. The summed E-state index contributed by atoms with van der Waals surface area (Å²) in [5.74, 6) is -0.356. The van der Waals surface area contributed by atoms with E-state index >= 15 is 0 Å². The number of rotatable bonds is 8. The molecular weight excluding hydrogens is 276 g/mol. The first-order valence-electron chi connectivity index (χ1n) is 6.62. The molecule has 0 fully saturated rings. The van der Waals surface area contributed by atoms with Gasteiger partial charge in [0, 0.05) is 14.2 Å². The lowest BCUT2D eigenvalue weighted by atomic mass is 10.2. The van der Waals surface area contributed by atoms with Crippen molar-refractivity contribution in [1.29, 1.82) is 0 Å². The van der Waals surface area contributed by atoms with Gasteiger partial charge >= 0.3 is 6.09 Å². The van der Waals surface area contributed by atoms with Crippen LogP contribution in [0.25, 0.3) is 0 Å². The van der Waals surface area contributed by atoms with E-state index in [1.165, 1.54) is 25.2 Å². The summed E-state index contributed by atoms with van der Waals surface area (Å²) in [6.07, 6.45) is 0.939. The van der Waals surface area contributed by atoms with Gasteiger partial charge in [0.15, 0.2) is 0 Å². The molecule has 21 heavy (non-hydrogen) atoms. The maximum absolute atomic E-state index is 12.2. The molecule has 0 aromatic heterocycles. The number of hydrogen-bond acceptors (Lipinski definition) is 5. The van der Waals surface area contributed by atoms with Gasteiger partial charge in [0.2, 0.25) is 5.91 Å². The number of ether oxygens (including phenoxy) is 3. The highest BCUT2D eigenvalue weighted by atomic mass is 16.6. The number of carbonyl (C=O) groups excluding carboxylic acids is 2. The average Bonchev–Trinajstić information content (AvgIpc) is 2.38. The maximum atomic E-state index is 12.2. The van der Waals surface area contributed by atoms with Crippen LogP contribution in [0.15, 0.2) is 12.7 Å². The van der Waals surface area contributed by atoms with E-state index in [0.29, 0.717) is 0 Å². The second-order valence-corrected chi connectivity index (χ2v) is 5.40. The third-order valence-corrected chi connectivity index (χ3v) is 2.37. The number of nitrogens with zero attached hydrogens (tertiary/aromatic N) is 1. The van der Waals surface area contributed by atoms with Gasteiger partial charge in [-0.3, -0.25) is 9.69 Å². The van der Waals surface area contributed by atoms with Crippen LogP contribution >= 0.6 is 0 Å². The van der Waals surface area contributed by atoms with E-state index in [-0.39, 0.29) is 25.8 Å². The Hall–Kier alpha value is -1.60. The maximum Gasteiger partial charge on any atom is 0.411 e. The lowest BCUT2D eigenvalue weighted by molar-refractivity contribution is -0.124. The van der Waals surface area contributed by atoms with E-state index in [0.717, 1.165) is 0 Å². The van der Waals surface area contributed by atoms with Crippen molar-refractivity contribution >= 4 is 12.0 Å². The van der Waals surface area contributed by atoms with Crippen LogP contribution in [0.2, 0.25) is 0 Å². The van der Waals surface area contributed by atoms with Gasteiger partial charge in [0.05, 0.1) is 12.6 Å². The second kappa shape index (κ2) is 9.36. The summed E-state index contributed by atoms with van der Waals surface area (Å²) in [4.78, 5) is 25.3. The van der Waals surface area contributed by atoms with E-state index < -0.39 is 17.7 Å². The summed E-state index contributed by atoms with van der Waals surface area (Å²) in [7, 11) is 2.97. The van der Waals surface area contributed by atoms with Gasteiger partial charge in [-0.25, -0.2) is 4.79 Å². The van der Waals surface area contributed by atoms with Crippen LogP contribution in [0.4, 0.5) is 4.79 Å². The van der Waals surface area contributed by atoms with Crippen molar-refractivity contribution < 1.29 is 23.8 Å². The number of hydrogen-bond donors (Lipinski definition) is 1. The predicted octanol–water partition coefficient (Wildman–Crippen LogP) is 1.14. The molecule has 2 amide bonds. The zero-order valence-electron chi connectivity index (χ0n) is 13.5. The van der Waals surface area contributed by atoms with E-state index in [4.69, 9.17) is 14.2 Å². The van der Waals surface area contributed by atoms with E-state index in [2.05, 4.69) is 11.9 Å². The van der Waals surface area contributed by atoms with Crippen molar-refractivity contribution in [3.05, 3.63) is 12.7 Å². The van der Waals surface area contributed by atoms with Crippen LogP contribution in [0.5, 0.6) is 0 Å². The zero-order valence-corrected chi connectivity index (χ0v) is 13.5. The Morgan fingerprint density at radius 1 is 1.29 bits per heavy atom. The molecule has 1 atom stereocenters. The molecule has 0 aliphatic carbocycles. The Kier molecular flexibility index (Phi) is 8.64. The summed E-state index contributed by atoms with van der Waals surface area (Å²) < 4.78 is 15.1. The van der Waals surface area contributed by atoms with E-state index in [1.807, 2.05) is 0 Å². The van der Waals surface area contributed by atoms with Crippen LogP contribution < -0.4 is 5.32 Å². The van der Waals surface area contributed by atoms with Gasteiger partial charge in [0.25, 0.3) is 0 Å². The lowest BCUT2D eigenvalue weighted by Gasteiger charge is -2.31. The first-order chi connectivity index (χ1) is 9.75. The lowest BCUT2D eigenvalue weighted by Crippen LogP contribution is -2.49. The Morgan fingerprint density at radius 3 is 2.33 bits per heavy atom. The second-order valence-electron chi connectivity index (χ2n) is 5.40. The highest BCUT2D eigenvalue weighted by molar-refractivity contribution is 5.82. The number of nitrogens with one attached hydrogen (secondary N) is 1. The molecule has 0 saturated carbocycles. The van der Waals surface area contributed by atoms with Crippen LogP contribution in [0.1, 0.15) is 20.8 Å². The van der Waals surface area contributed by atoms with Crippen molar-refractivity contribution in [3.8, 4) is 0 Å². The molecule has 0 rings (SSSR count). The van der Waals surface area contributed by atoms with Gasteiger partial charge in [-0.15, -0.1) is 6.58 Å². The van der Waals surface area contributed by atoms with Gasteiger partial charge in [0.1, 0.15) is 18.9 Å². The van der Waals surface area contributed by atoms with E-state index in [9.17, 15) is 9.59 Å². The van der Waals surface area contributed by atoms with Crippen molar-refractivity contribution in [2.24, 2.45) is 0 Å². The smallest absolute Gasteiger partial charge is 0.411 e. The number of amides is 2. The Labute approximate surface area is 126 Å². The first kappa shape index (κ1) is 19.4. The molecule has 0 saturated heterocycles. The highest BCUT2D eigenvalue weighted by Crippen LogP contribution is 2.12. The fraction of sp³-hybridized carbons (Fsp3) is 0.714. The Bertz CT molecular complexity index is 352. The van der Waals surface area contributed by atoms with Gasteiger partial charge in [-0.1, -0.05) is 6.08 Å². The van der Waals surface area contributed by atoms with Gasteiger partial charge in [-0.05, 0) is 20.8 Å². The van der Waals surface area contributed by atoms with Crippen molar-refractivity contribution in [1.82, 2.24) is 10.2 Å². The van der Waals surface area contributed by atoms with E-state index in [1.54, 1.807) is 20.8 Å². The first-order valence-corrected chi connectivity index (χ1v) is 6.62. The summed E-state index contributed by atoms with van der Waals surface area (Å²) in [6.45, 7) is 9.06. The topological polar surface area (TPSA) is 77.1 Å². The number of methoxy groups -OCH3 is 2. The molecule has 0 spiro atoms. The molecule has 0 unspecified atom stereocenters. The molecule has 122 valence electrons. The summed E-state index contributed by atoms with van der Waals surface area (Å²) >= 11 is 0. The predicted molar refractivity (Wildman–Crippen MR) is 78.8 cm³/mol. The quantitative estimate of drug-likeness (QED) is 0.537. The van der Waals surface area contributed by atoms with Crippen LogP contribution in [0, 0.1) is 0 Å². The number of carbonyl (C=O) groups is 2. The summed E-state index contributed by atoms with van der Waals surface area (Å²) in [5, 5.41) is 2.52. The third kappa shape index (κ3) is 8.31. The third-order valence-electron chi connectivity index (χ3n) is 2.37. The van der Waals surface area contributed by atoms with Crippen molar-refractivity contribution in [3.63, 3.8) is 0 Å². The standard InChI is InChI=1S/C14H26N2O5/c1-7-11(9-19-5)16(8-12(17)15-10-20-6)13(18)21-14(2,3)4/h7,11H,1,8-10H2,2-6H3,(H,15,17)/t11-/m0/s1. The Balaban J connectivity index is 4.94. The molecule has 0 aromatic carbocycles. The Morgan fingerprint density at radius 2 is 1.90 bits per heavy atom. The SMILES string of the molecule is C=C[C@@H](COC)N(CC(=O)NCOC)C(=O)OC(C)(C)C. The van der Waals surface area contributed by atoms with Crippen LogP contribution in [-0.2, 0) is 19.0 Å². The molecule has 0 bridgehead atoms. The molecule has 7 heteroatoms. The largest absolute Gasteiger partial charge is 0.444 e.